The lowest BCUT2D eigenvalue weighted by molar-refractivity contribution is 1.07. The van der Waals surface area contributed by atoms with E-state index in [1.54, 1.807) is 62.0 Å². The van der Waals surface area contributed by atoms with Crippen molar-refractivity contribution in [2.24, 2.45) is 0 Å². The van der Waals surface area contributed by atoms with Gasteiger partial charge in [0, 0.05) is 128 Å². The van der Waals surface area contributed by atoms with Crippen molar-refractivity contribution < 1.29 is 0 Å². The van der Waals surface area contributed by atoms with Gasteiger partial charge in [-0.1, -0.05) is 340 Å². The lowest BCUT2D eigenvalue weighted by Gasteiger charge is -2.14. The van der Waals surface area contributed by atoms with Gasteiger partial charge < -0.3 is 0 Å². The molecule has 0 saturated heterocycles. The molecule has 16 heteroatoms. The van der Waals surface area contributed by atoms with E-state index in [0.29, 0.717) is 34.9 Å². The van der Waals surface area contributed by atoms with E-state index in [1.165, 1.54) is 43.3 Å². The van der Waals surface area contributed by atoms with Gasteiger partial charge >= 0.3 is 0 Å². The molecule has 0 aliphatic heterocycles. The monoisotopic (exact) mass is 1920 g/mol. The molecule has 150 heavy (non-hydrogen) atoms. The van der Waals surface area contributed by atoms with Crippen LogP contribution in [0, 0.1) is 0 Å². The fraction of sp³-hybridized carbons (Fsp3) is 0. The molecule has 0 unspecified atom stereocenters. The molecule has 0 amide bonds. The Labute approximate surface area is 864 Å². The summed E-state index contributed by atoms with van der Waals surface area (Å²) in [5.74, 6) is 3.51. The summed E-state index contributed by atoms with van der Waals surface area (Å²) in [5, 5.41) is 10.7. The molecule has 27 aromatic rings. The van der Waals surface area contributed by atoms with Crippen LogP contribution in [-0.4, -0.2) is 79.7 Å². The van der Waals surface area contributed by atoms with Crippen LogP contribution in [0.4, 0.5) is 0 Å². The highest BCUT2D eigenvalue weighted by Crippen LogP contribution is 2.44. The van der Waals surface area contributed by atoms with Crippen LogP contribution < -0.4 is 0 Å². The normalized spacial score (nSPS) is 11.2. The predicted octanol–water partition coefficient (Wildman–Crippen LogP) is 32.3. The molecule has 16 nitrogen and oxygen atoms in total. The van der Waals surface area contributed by atoms with Gasteiger partial charge in [-0.05, 0) is 232 Å². The summed E-state index contributed by atoms with van der Waals surface area (Å²) in [6.45, 7) is 0. The second kappa shape index (κ2) is 41.0. The smallest absolute Gasteiger partial charge is 0.165 e. The van der Waals surface area contributed by atoms with Gasteiger partial charge in [0.25, 0.3) is 0 Å². The number of benzene rings is 15. The van der Waals surface area contributed by atoms with Crippen LogP contribution in [0.5, 0.6) is 0 Å². The summed E-state index contributed by atoms with van der Waals surface area (Å²) in [7, 11) is 0. The second-order valence-electron chi connectivity index (χ2n) is 36.4. The standard InChI is InChI=1S/C46H30N4.2C44H28N6/c1-2-11-36(12-3-1)43-30-39(46-38-13-5-4-10-34(38)24-25-42(46)49-43)35-22-20-32(21-23-35)31-16-18-33(19-17-31)37-28-44(40-14-6-8-26-47-40)50-45(29-37)41-15-7-9-27-48-41;1-2-9-33(10-3-1)40-26-38(41-37-13-5-4-8-31(37)22-23-39(41)47-40)32-18-14-29(15-19-32)30-16-20-34(21-17-30)42-48-43(35-11-6-24-45-27-35)50-44(49-42)36-12-7-25-46-28-36;1-2-7-33(8-3-1)40-28-38(41-37-9-5-4-6-31(37)18-19-39(41)47-40)32-14-10-29(11-15-32)30-12-16-34(17-13-30)42-48-43(35-20-24-45-25-21-35)50-44(49-42)36-22-26-46-27-23-36/h1-30H;2*1-28H. The first-order chi connectivity index (χ1) is 74.3. The SMILES string of the molecule is c1ccc(-c2cc(-c3ccc(-c4ccc(-c5cc(-c6ccccn6)nc(-c6ccccn6)c5)cc4)cc3)c3c(ccc4ccccc43)n2)cc1.c1ccc(-c2cc(-c3ccc(-c4ccc(-c5nc(-c6cccnc6)nc(-c6cccnc6)n5)cc4)cc3)c3c(ccc4ccccc43)n2)cc1.c1ccc(-c2cc(-c3ccc(-c4ccc(-c5nc(-c6ccncc6)nc(-c6ccncc6)n5)cc4)cc3)c3c(ccc4ccccc43)n2)cc1. The van der Waals surface area contributed by atoms with Gasteiger partial charge in [-0.15, -0.1) is 0 Å². The van der Waals surface area contributed by atoms with Crippen LogP contribution in [-0.2, 0) is 0 Å². The minimum Gasteiger partial charge on any atom is -0.265 e. The van der Waals surface area contributed by atoms with Crippen molar-refractivity contribution in [1.29, 1.82) is 0 Å². The van der Waals surface area contributed by atoms with Crippen LogP contribution in [0.3, 0.4) is 0 Å². The molecule has 0 fully saturated rings. The highest BCUT2D eigenvalue weighted by atomic mass is 15.0. The Morgan fingerprint density at radius 1 is 0.127 bits per heavy atom. The third-order valence-electron chi connectivity index (χ3n) is 27.1. The maximum Gasteiger partial charge on any atom is 0.165 e. The van der Waals surface area contributed by atoms with Gasteiger partial charge in [-0.25, -0.2) is 49.8 Å². The number of rotatable bonds is 18. The Morgan fingerprint density at radius 2 is 0.387 bits per heavy atom. The lowest BCUT2D eigenvalue weighted by Crippen LogP contribution is -2.00. The first kappa shape index (κ1) is 90.6. The van der Waals surface area contributed by atoms with Gasteiger partial charge in [-0.3, -0.25) is 29.9 Å². The minimum atomic E-state index is 0.563. The van der Waals surface area contributed by atoms with Crippen LogP contribution in [0.15, 0.2) is 523 Å². The van der Waals surface area contributed by atoms with Crippen molar-refractivity contribution in [2.45, 2.75) is 0 Å². The van der Waals surface area contributed by atoms with Crippen LogP contribution in [0.2, 0.25) is 0 Å². The summed E-state index contributed by atoms with van der Waals surface area (Å²) < 4.78 is 0. The Balaban J connectivity index is 0.000000116. The number of aromatic nitrogens is 16. The molecule has 15 aromatic carbocycles. The van der Waals surface area contributed by atoms with Crippen molar-refractivity contribution in [3.05, 3.63) is 523 Å². The molecule has 27 rings (SSSR count). The second-order valence-corrected chi connectivity index (χ2v) is 36.4. The van der Waals surface area contributed by atoms with Crippen molar-refractivity contribution in [1.82, 2.24) is 79.7 Å². The Morgan fingerprint density at radius 3 is 0.680 bits per heavy atom. The molecule has 0 atom stereocenters. The van der Waals surface area contributed by atoms with Gasteiger partial charge in [0.05, 0.1) is 56.4 Å². The van der Waals surface area contributed by atoms with Crippen molar-refractivity contribution in [2.75, 3.05) is 0 Å². The average Bonchev–Trinajstić information content (AvgIpc) is 0.754. The van der Waals surface area contributed by atoms with Crippen LogP contribution in [0.1, 0.15) is 0 Å². The molecular formula is C134H86N16. The maximum absolute atomic E-state index is 5.11. The van der Waals surface area contributed by atoms with Crippen molar-refractivity contribution >= 4 is 65.0 Å². The summed E-state index contributed by atoms with van der Waals surface area (Å²) in [6, 6.07) is 160. The van der Waals surface area contributed by atoms with E-state index in [9.17, 15) is 0 Å². The number of nitrogens with zero attached hydrogens (tertiary/aromatic N) is 16. The Hall–Kier alpha value is -20.6. The van der Waals surface area contributed by atoms with Crippen LogP contribution >= 0.6 is 0 Å². The highest BCUT2D eigenvalue weighted by Gasteiger charge is 2.23. The van der Waals surface area contributed by atoms with Crippen molar-refractivity contribution in [3.63, 3.8) is 0 Å². The van der Waals surface area contributed by atoms with E-state index >= 15 is 0 Å². The van der Waals surface area contributed by atoms with Crippen molar-refractivity contribution in [3.8, 4) is 203 Å². The molecule has 12 heterocycles. The molecule has 0 N–H and O–H groups in total. The Kier molecular flexibility index (Phi) is 24.8. The topological polar surface area (TPSA) is 206 Å². The summed E-state index contributed by atoms with van der Waals surface area (Å²) in [4.78, 5) is 75.1. The van der Waals surface area contributed by atoms with Gasteiger partial charge in [-0.2, -0.15) is 0 Å². The molecule has 12 aromatic heterocycles. The zero-order valence-electron chi connectivity index (χ0n) is 80.8. The largest absolute Gasteiger partial charge is 0.265 e. The first-order valence-electron chi connectivity index (χ1n) is 49.6. The highest BCUT2D eigenvalue weighted by molar-refractivity contribution is 6.17. The third-order valence-corrected chi connectivity index (χ3v) is 27.1. The summed E-state index contributed by atoms with van der Waals surface area (Å²) in [5.41, 5.74) is 33.5. The van der Waals surface area contributed by atoms with Gasteiger partial charge in [0.2, 0.25) is 0 Å². The fourth-order valence-corrected chi connectivity index (χ4v) is 19.5. The van der Waals surface area contributed by atoms with E-state index in [2.05, 4.69) is 388 Å². The minimum absolute atomic E-state index is 0.563. The zero-order valence-corrected chi connectivity index (χ0v) is 80.8. The van der Waals surface area contributed by atoms with E-state index in [1.807, 2.05) is 103 Å². The molecule has 702 valence electrons. The maximum atomic E-state index is 5.11. The molecule has 0 saturated carbocycles. The first-order valence-corrected chi connectivity index (χ1v) is 49.6. The third kappa shape index (κ3) is 19.0. The fourth-order valence-electron chi connectivity index (χ4n) is 19.5. The lowest BCUT2D eigenvalue weighted by atomic mass is 9.93. The molecular weight excluding hydrogens is 1830 g/mol. The van der Waals surface area contributed by atoms with Crippen LogP contribution in [0.25, 0.3) is 268 Å². The predicted molar refractivity (Wildman–Crippen MR) is 607 cm³/mol. The number of hydrogen-bond donors (Lipinski definition) is 0. The van der Waals surface area contributed by atoms with Gasteiger partial charge in [0.1, 0.15) is 0 Å². The van der Waals surface area contributed by atoms with E-state index in [4.69, 9.17) is 49.8 Å². The van der Waals surface area contributed by atoms with E-state index < -0.39 is 0 Å². The Bertz CT molecular complexity index is 8530. The number of hydrogen-bond acceptors (Lipinski definition) is 16. The average molecular weight is 1920 g/mol. The molecule has 0 radical (unpaired) electrons. The zero-order chi connectivity index (χ0) is 99.8. The van der Waals surface area contributed by atoms with Gasteiger partial charge in [0.15, 0.2) is 34.9 Å². The summed E-state index contributed by atoms with van der Waals surface area (Å²) in [6.07, 6.45) is 17.6. The van der Waals surface area contributed by atoms with E-state index in [-0.39, 0.29) is 0 Å². The number of fused-ring (bicyclic) bond motifs is 9. The molecule has 0 spiro atoms. The molecule has 0 aliphatic rings. The molecule has 0 aliphatic carbocycles. The van der Waals surface area contributed by atoms with E-state index in [0.717, 1.165) is 190 Å². The summed E-state index contributed by atoms with van der Waals surface area (Å²) >= 11 is 0. The quantitative estimate of drug-likeness (QED) is 0.0732. The number of pyridine rings is 10. The molecule has 0 bridgehead atoms.